The lowest BCUT2D eigenvalue weighted by atomic mass is 9.84. The Morgan fingerprint density at radius 1 is 1.10 bits per heavy atom. The first kappa shape index (κ1) is 34.2. The molecule has 1 aromatic rings. The molecule has 0 bridgehead atoms. The van der Waals surface area contributed by atoms with Gasteiger partial charge in [0.2, 0.25) is 0 Å². The minimum atomic E-state index is -0.782. The molecule has 9 heteroatoms. The fraction of sp³-hybridized carbons (Fsp3) is 0.742. The fourth-order valence-electron chi connectivity index (χ4n) is 5.29. The molecule has 0 spiro atoms. The summed E-state index contributed by atoms with van der Waals surface area (Å²) in [5, 5.41) is 11.3. The number of hydrogen-bond donors (Lipinski definition) is 1. The average Bonchev–Trinajstić information content (AvgIpc) is 2.95. The average molecular weight is 566 g/mol. The van der Waals surface area contributed by atoms with Gasteiger partial charge in [-0.2, -0.15) is 0 Å². The van der Waals surface area contributed by atoms with E-state index in [2.05, 4.69) is 24.0 Å². The Morgan fingerprint density at radius 2 is 1.80 bits per heavy atom. The number of ether oxygens (including phenoxy) is 5. The van der Waals surface area contributed by atoms with Crippen LogP contribution in [0.3, 0.4) is 0 Å². The lowest BCUT2D eigenvalue weighted by Gasteiger charge is -2.33. The predicted molar refractivity (Wildman–Crippen MR) is 153 cm³/mol. The van der Waals surface area contributed by atoms with E-state index in [4.69, 9.17) is 23.7 Å². The molecule has 1 aromatic carbocycles. The van der Waals surface area contributed by atoms with Gasteiger partial charge in [0.15, 0.2) is 6.29 Å². The van der Waals surface area contributed by atoms with Crippen LogP contribution in [0.4, 0.5) is 0 Å². The van der Waals surface area contributed by atoms with Crippen LogP contribution in [0.1, 0.15) is 64.9 Å². The Morgan fingerprint density at radius 3 is 2.42 bits per heavy atom. The van der Waals surface area contributed by atoms with Crippen molar-refractivity contribution < 1.29 is 38.4 Å². The summed E-state index contributed by atoms with van der Waals surface area (Å²) in [7, 11) is 4.75. The molecule has 228 valence electrons. The lowest BCUT2D eigenvalue weighted by Crippen LogP contribution is -2.39. The molecule has 0 saturated carbocycles. The second-order valence-electron chi connectivity index (χ2n) is 11.0. The van der Waals surface area contributed by atoms with E-state index < -0.39 is 36.5 Å². The van der Waals surface area contributed by atoms with E-state index in [-0.39, 0.29) is 30.8 Å². The number of hydrogen-bond acceptors (Lipinski definition) is 9. The number of carbonyl (C=O) groups excluding carboxylic acids is 2. The monoisotopic (exact) mass is 565 g/mol. The molecule has 6 atom stereocenters. The van der Waals surface area contributed by atoms with E-state index in [1.54, 1.807) is 28.3 Å². The Labute approximate surface area is 240 Å². The van der Waals surface area contributed by atoms with Gasteiger partial charge in [-0.25, -0.2) is 0 Å². The molecule has 40 heavy (non-hydrogen) atoms. The molecule has 9 nitrogen and oxygen atoms in total. The van der Waals surface area contributed by atoms with E-state index in [0.717, 1.165) is 13.0 Å². The number of benzene rings is 1. The molecule has 2 rings (SSSR count). The zero-order valence-electron chi connectivity index (χ0n) is 25.3. The van der Waals surface area contributed by atoms with Crippen molar-refractivity contribution in [3.05, 3.63) is 35.9 Å². The summed E-state index contributed by atoms with van der Waals surface area (Å²) in [5.74, 6) is -0.828. The third-order valence-corrected chi connectivity index (χ3v) is 7.83. The molecule has 0 radical (unpaired) electrons. The van der Waals surface area contributed by atoms with Crippen molar-refractivity contribution in [1.29, 1.82) is 0 Å². The van der Waals surface area contributed by atoms with E-state index in [0.29, 0.717) is 38.8 Å². The maximum Gasteiger partial charge on any atom is 0.309 e. The predicted octanol–water partition coefficient (Wildman–Crippen LogP) is 4.00. The molecular weight excluding hydrogens is 514 g/mol. The Balaban J connectivity index is 2.30. The molecule has 6 unspecified atom stereocenters. The van der Waals surface area contributed by atoms with Crippen LogP contribution in [0.2, 0.25) is 0 Å². The third kappa shape index (κ3) is 12.2. The highest BCUT2D eigenvalue weighted by Gasteiger charge is 2.33. The second kappa shape index (κ2) is 18.4. The van der Waals surface area contributed by atoms with Crippen LogP contribution < -0.4 is 0 Å². The zero-order chi connectivity index (χ0) is 29.5. The highest BCUT2D eigenvalue weighted by atomic mass is 16.7. The number of nitrogens with zero attached hydrogens (tertiary/aromatic N) is 1. The third-order valence-electron chi connectivity index (χ3n) is 7.83. The molecule has 0 amide bonds. The van der Waals surface area contributed by atoms with Crippen LogP contribution in [0.25, 0.3) is 0 Å². The zero-order valence-corrected chi connectivity index (χ0v) is 25.3. The number of cyclic esters (lactones) is 1. The summed E-state index contributed by atoms with van der Waals surface area (Å²) in [6, 6.07) is 10.3. The number of carbonyl (C=O) groups is 2. The minimum Gasteiger partial charge on any atom is -0.463 e. The van der Waals surface area contributed by atoms with E-state index in [9.17, 15) is 14.7 Å². The summed E-state index contributed by atoms with van der Waals surface area (Å²) < 4.78 is 28.2. The van der Waals surface area contributed by atoms with Crippen molar-refractivity contribution in [3.63, 3.8) is 0 Å². The quantitative estimate of drug-likeness (QED) is 0.333. The number of aliphatic hydroxyl groups excluding tert-OH is 1. The van der Waals surface area contributed by atoms with Crippen molar-refractivity contribution in [2.75, 3.05) is 41.0 Å². The van der Waals surface area contributed by atoms with E-state index in [1.807, 2.05) is 25.1 Å². The van der Waals surface area contributed by atoms with Gasteiger partial charge in [0.25, 0.3) is 0 Å². The topological polar surface area (TPSA) is 104 Å². The largest absolute Gasteiger partial charge is 0.463 e. The molecule has 1 heterocycles. The summed E-state index contributed by atoms with van der Waals surface area (Å²) in [4.78, 5) is 27.5. The SMILES string of the molecule is CCC(=O)OC1CC(=O)OC(C)CCN(CCc2ccccc2)CC(O)C(C)CC(CC(OC)OC)CC1OC. The van der Waals surface area contributed by atoms with Gasteiger partial charge in [-0.15, -0.1) is 0 Å². The van der Waals surface area contributed by atoms with Gasteiger partial charge >= 0.3 is 11.9 Å². The number of aliphatic hydroxyl groups is 1. The van der Waals surface area contributed by atoms with Gasteiger partial charge in [-0.05, 0) is 50.0 Å². The van der Waals surface area contributed by atoms with Crippen LogP contribution >= 0.6 is 0 Å². The van der Waals surface area contributed by atoms with Crippen LogP contribution in [-0.2, 0) is 39.7 Å². The molecule has 1 N–H and O–H groups in total. The Hall–Kier alpha value is -2.04. The lowest BCUT2D eigenvalue weighted by molar-refractivity contribution is -0.166. The van der Waals surface area contributed by atoms with Crippen molar-refractivity contribution in [2.24, 2.45) is 11.8 Å². The van der Waals surface area contributed by atoms with E-state index in [1.165, 1.54) is 5.56 Å². The van der Waals surface area contributed by atoms with Crippen LogP contribution in [0.5, 0.6) is 0 Å². The van der Waals surface area contributed by atoms with Crippen molar-refractivity contribution >= 4 is 11.9 Å². The first-order chi connectivity index (χ1) is 19.2. The molecule has 1 saturated heterocycles. The smallest absolute Gasteiger partial charge is 0.309 e. The number of β-amino-alcohol motifs (C(OH)–C–C–N with tert-alkyl or cyclic N) is 1. The van der Waals surface area contributed by atoms with Gasteiger partial charge in [0.05, 0.1) is 18.6 Å². The minimum absolute atomic E-state index is 0.0140. The van der Waals surface area contributed by atoms with Gasteiger partial charge in [-0.3, -0.25) is 9.59 Å². The highest BCUT2D eigenvalue weighted by molar-refractivity contribution is 5.72. The highest BCUT2D eigenvalue weighted by Crippen LogP contribution is 2.29. The number of methoxy groups -OCH3 is 3. The summed E-state index contributed by atoms with van der Waals surface area (Å²) in [6.45, 7) is 7.63. The number of rotatable bonds is 10. The summed E-state index contributed by atoms with van der Waals surface area (Å²) in [5.41, 5.74) is 1.24. The number of esters is 2. The van der Waals surface area contributed by atoms with Crippen LogP contribution in [0.15, 0.2) is 30.3 Å². The van der Waals surface area contributed by atoms with E-state index >= 15 is 0 Å². The summed E-state index contributed by atoms with van der Waals surface area (Å²) in [6.07, 6.45) is 0.718. The molecule has 1 aliphatic heterocycles. The summed E-state index contributed by atoms with van der Waals surface area (Å²) >= 11 is 0. The van der Waals surface area contributed by atoms with Crippen molar-refractivity contribution in [3.8, 4) is 0 Å². The first-order valence-corrected chi connectivity index (χ1v) is 14.6. The Kier molecular flexibility index (Phi) is 15.7. The molecular formula is C31H51NO8. The van der Waals surface area contributed by atoms with Crippen LogP contribution in [0, 0.1) is 11.8 Å². The molecule has 0 aromatic heterocycles. The van der Waals surface area contributed by atoms with Gasteiger partial charge in [0, 0.05) is 53.8 Å². The maximum atomic E-state index is 13.0. The van der Waals surface area contributed by atoms with Gasteiger partial charge in [-0.1, -0.05) is 44.2 Å². The standard InChI is InChI=1S/C31H51NO8/c1-7-29(34)40-28-20-30(35)39-23(3)13-15-32(16-14-24-11-9-8-10-12-24)21-26(33)22(2)17-25(18-27(28)36-4)19-31(37-5)38-6/h8-12,22-23,25-28,31,33H,7,13-21H2,1-6H3. The van der Waals surface area contributed by atoms with Gasteiger partial charge < -0.3 is 33.7 Å². The molecule has 0 aliphatic carbocycles. The first-order valence-electron chi connectivity index (χ1n) is 14.6. The second-order valence-corrected chi connectivity index (χ2v) is 11.0. The van der Waals surface area contributed by atoms with Gasteiger partial charge in [0.1, 0.15) is 12.2 Å². The maximum absolute atomic E-state index is 13.0. The molecule has 1 aliphatic rings. The normalized spacial score (nSPS) is 27.9. The molecule has 1 fully saturated rings. The Bertz CT molecular complexity index is 849. The fourth-order valence-corrected chi connectivity index (χ4v) is 5.29. The van der Waals surface area contributed by atoms with Crippen molar-refractivity contribution in [2.45, 2.75) is 96.4 Å². The van der Waals surface area contributed by atoms with Crippen LogP contribution in [-0.4, -0.2) is 93.6 Å². The van der Waals surface area contributed by atoms with Crippen molar-refractivity contribution in [1.82, 2.24) is 4.90 Å².